The molecule has 0 saturated carbocycles. The molecule has 8 heteroatoms. The summed E-state index contributed by atoms with van der Waals surface area (Å²) in [7, 11) is 0. The van der Waals surface area contributed by atoms with Crippen molar-refractivity contribution in [3.63, 3.8) is 0 Å². The van der Waals surface area contributed by atoms with E-state index >= 15 is 0 Å². The maximum atomic E-state index is 13.5. The monoisotopic (exact) mass is 862 g/mol. The third-order valence-electron chi connectivity index (χ3n) is 10.2. The van der Waals surface area contributed by atoms with E-state index in [1.54, 1.807) is 24.3 Å². The zero-order chi connectivity index (χ0) is 41.9. The molecule has 10 rings (SSSR count). The molecule has 0 spiro atoms. The lowest BCUT2D eigenvalue weighted by atomic mass is 9.84. The summed E-state index contributed by atoms with van der Waals surface area (Å²) in [6, 6.07) is 60.0. The molecular weight excluding hydrogens is 829 g/mol. The minimum Gasteiger partial charge on any atom is -0.289 e. The quantitative estimate of drug-likeness (QED) is 0.150. The van der Waals surface area contributed by atoms with Gasteiger partial charge in [0.15, 0.2) is 23.1 Å². The second kappa shape index (κ2) is 17.8. The minimum absolute atomic E-state index is 0.0877. The number of aryl methyl sites for hydroxylation is 1. The molecule has 61 heavy (non-hydrogen) atoms. The molecule has 0 aliphatic heterocycles. The van der Waals surface area contributed by atoms with E-state index in [1.807, 2.05) is 171 Å². The number of benzene rings is 8. The van der Waals surface area contributed by atoms with Crippen molar-refractivity contribution >= 4 is 70.2 Å². The van der Waals surface area contributed by atoms with Gasteiger partial charge in [0.05, 0.1) is 0 Å². The summed E-state index contributed by atoms with van der Waals surface area (Å²) in [4.78, 5) is 61.5. The van der Waals surface area contributed by atoms with E-state index in [0.717, 1.165) is 39.2 Å². The van der Waals surface area contributed by atoms with Crippen molar-refractivity contribution in [3.8, 4) is 0 Å². The summed E-state index contributed by atoms with van der Waals surface area (Å²) in [5, 5.41) is 0. The Labute approximate surface area is 371 Å². The summed E-state index contributed by atoms with van der Waals surface area (Å²) in [5.41, 5.74) is 5.13. The van der Waals surface area contributed by atoms with Crippen LogP contribution in [-0.2, 0) is 0 Å². The zero-order valence-corrected chi connectivity index (χ0v) is 35.9. The van der Waals surface area contributed by atoms with Gasteiger partial charge in [0.1, 0.15) is 0 Å². The second-order valence-electron chi connectivity index (χ2n) is 14.2. The van der Waals surface area contributed by atoms with Gasteiger partial charge in [0.2, 0.25) is 0 Å². The van der Waals surface area contributed by atoms with Gasteiger partial charge in [-0.2, -0.15) is 0 Å². The molecule has 0 fully saturated rings. The van der Waals surface area contributed by atoms with Crippen LogP contribution in [0.2, 0.25) is 0 Å². The first-order chi connectivity index (χ1) is 29.8. The first kappa shape index (κ1) is 40.3. The van der Waals surface area contributed by atoms with Gasteiger partial charge >= 0.3 is 0 Å². The summed E-state index contributed by atoms with van der Waals surface area (Å²) in [5.74, 6) is -0.353. The van der Waals surface area contributed by atoms with Crippen LogP contribution >= 0.6 is 47.0 Å². The number of carbonyl (C=O) groups excluding carboxylic acids is 4. The molecule has 0 saturated heterocycles. The molecule has 8 aromatic carbocycles. The van der Waals surface area contributed by atoms with Gasteiger partial charge < -0.3 is 0 Å². The average Bonchev–Trinajstić information content (AvgIpc) is 3.29. The van der Waals surface area contributed by atoms with Gasteiger partial charge in [-0.15, -0.1) is 0 Å². The largest absolute Gasteiger partial charge is 0.289 e. The molecule has 0 bridgehead atoms. The summed E-state index contributed by atoms with van der Waals surface area (Å²) in [6.45, 7) is 2.04. The van der Waals surface area contributed by atoms with Gasteiger partial charge in [0, 0.05) is 83.7 Å². The second-order valence-corrected chi connectivity index (χ2v) is 18.7. The van der Waals surface area contributed by atoms with E-state index in [1.165, 1.54) is 52.6 Å². The zero-order valence-electron chi connectivity index (χ0n) is 32.7. The van der Waals surface area contributed by atoms with Gasteiger partial charge in [0.25, 0.3) is 0 Å². The van der Waals surface area contributed by atoms with Gasteiger partial charge in [-0.3, -0.25) is 19.2 Å². The SMILES string of the molecule is Cc1ccc(Sc2cccc3c2C(=O)c2cccc(Sc4ccccc4)c2C3=O)cc1.O=C1c2cccc(Sc3ccccc3)c2C(=O)c2cccc(Sc3ccccc3)c21. The number of fused-ring (bicyclic) bond motifs is 4. The van der Waals surface area contributed by atoms with Crippen LogP contribution in [0.25, 0.3) is 0 Å². The molecule has 2 aliphatic carbocycles. The fraction of sp³-hybridized carbons (Fsp3) is 0.0189. The molecule has 8 aromatic rings. The Hall–Kier alpha value is -6.16. The molecule has 0 aromatic heterocycles. The van der Waals surface area contributed by atoms with Crippen LogP contribution in [0.1, 0.15) is 69.2 Å². The maximum Gasteiger partial charge on any atom is 0.195 e. The summed E-state index contributed by atoms with van der Waals surface area (Å²) in [6.07, 6.45) is 0. The minimum atomic E-state index is -0.0888. The number of hydrogen-bond donors (Lipinski definition) is 0. The highest BCUT2D eigenvalue weighted by atomic mass is 32.2. The third-order valence-corrected chi connectivity index (χ3v) is 14.4. The van der Waals surface area contributed by atoms with E-state index in [-0.39, 0.29) is 23.1 Å². The van der Waals surface area contributed by atoms with Crippen molar-refractivity contribution < 1.29 is 19.2 Å². The van der Waals surface area contributed by atoms with Crippen LogP contribution in [0.15, 0.2) is 227 Å². The van der Waals surface area contributed by atoms with Crippen molar-refractivity contribution in [2.75, 3.05) is 0 Å². The average molecular weight is 863 g/mol. The maximum absolute atomic E-state index is 13.5. The van der Waals surface area contributed by atoms with Crippen LogP contribution in [0.4, 0.5) is 0 Å². The molecule has 0 amide bonds. The normalized spacial score (nSPS) is 12.4. The van der Waals surface area contributed by atoms with E-state index in [0.29, 0.717) is 44.5 Å². The summed E-state index contributed by atoms with van der Waals surface area (Å²) < 4.78 is 0. The van der Waals surface area contributed by atoms with Crippen LogP contribution in [0.5, 0.6) is 0 Å². The molecule has 4 nitrogen and oxygen atoms in total. The van der Waals surface area contributed by atoms with E-state index < -0.39 is 0 Å². The highest BCUT2D eigenvalue weighted by Crippen LogP contribution is 2.43. The van der Waals surface area contributed by atoms with Gasteiger partial charge in [-0.05, 0) is 79.7 Å². The van der Waals surface area contributed by atoms with E-state index in [4.69, 9.17) is 0 Å². The fourth-order valence-electron chi connectivity index (χ4n) is 7.28. The fourth-order valence-corrected chi connectivity index (χ4v) is 11.2. The van der Waals surface area contributed by atoms with Crippen molar-refractivity contribution in [3.05, 3.63) is 238 Å². The first-order valence-electron chi connectivity index (χ1n) is 19.5. The highest BCUT2D eigenvalue weighted by molar-refractivity contribution is 8.00. The molecule has 0 unspecified atom stereocenters. The van der Waals surface area contributed by atoms with Crippen LogP contribution in [-0.4, -0.2) is 23.1 Å². The molecule has 0 N–H and O–H groups in total. The van der Waals surface area contributed by atoms with Crippen LogP contribution in [0, 0.1) is 6.92 Å². The first-order valence-corrected chi connectivity index (χ1v) is 22.7. The number of rotatable bonds is 8. The van der Waals surface area contributed by atoms with Crippen molar-refractivity contribution in [1.82, 2.24) is 0 Å². The number of ketones is 4. The topological polar surface area (TPSA) is 68.3 Å². The Bertz CT molecular complexity index is 2880. The molecule has 0 heterocycles. The predicted octanol–water partition coefficient (Wildman–Crippen LogP) is 13.8. The Morgan fingerprint density at radius 3 is 0.770 bits per heavy atom. The molecule has 294 valence electrons. The molecule has 0 atom stereocenters. The van der Waals surface area contributed by atoms with Crippen LogP contribution in [0.3, 0.4) is 0 Å². The molecular formula is C53H34O4S4. The lowest BCUT2D eigenvalue weighted by Gasteiger charge is -2.22. The van der Waals surface area contributed by atoms with E-state index in [2.05, 4.69) is 0 Å². The third kappa shape index (κ3) is 8.32. The Morgan fingerprint density at radius 1 is 0.262 bits per heavy atom. The number of hydrogen-bond acceptors (Lipinski definition) is 8. The van der Waals surface area contributed by atoms with Gasteiger partial charge in [-0.1, -0.05) is 168 Å². The lowest BCUT2D eigenvalue weighted by molar-refractivity contribution is 0.0974. The smallest absolute Gasteiger partial charge is 0.195 e. The van der Waals surface area contributed by atoms with Crippen molar-refractivity contribution in [2.45, 2.75) is 46.1 Å². The molecule has 0 radical (unpaired) electrons. The molecule has 2 aliphatic rings. The van der Waals surface area contributed by atoms with Crippen molar-refractivity contribution in [1.29, 1.82) is 0 Å². The van der Waals surface area contributed by atoms with Crippen LogP contribution < -0.4 is 0 Å². The standard InChI is InChI=1S/C27H18O2S2.C26H16O2S2/c1-17-13-15-19(16-14-17)31-23-12-6-10-21-25(23)27(29)20-9-5-11-22(24(20)26(21)28)30-18-7-3-2-4-8-18;27-25-20-14-8-16-22(30-18-11-5-2-6-12-18)24(20)26(28)19-13-7-15-21(23(19)25)29-17-9-3-1-4-10-17/h2-16H,1H3;1-16H. The summed E-state index contributed by atoms with van der Waals surface area (Å²) >= 11 is 6.05. The predicted molar refractivity (Wildman–Crippen MR) is 246 cm³/mol. The lowest BCUT2D eigenvalue weighted by Crippen LogP contribution is -2.22. The number of carbonyl (C=O) groups is 4. The highest BCUT2D eigenvalue weighted by Gasteiger charge is 2.35. The Balaban J connectivity index is 0.000000156. The van der Waals surface area contributed by atoms with E-state index in [9.17, 15) is 19.2 Å². The Morgan fingerprint density at radius 2 is 0.508 bits per heavy atom. The van der Waals surface area contributed by atoms with Crippen molar-refractivity contribution in [2.24, 2.45) is 0 Å². The van der Waals surface area contributed by atoms with Gasteiger partial charge in [-0.25, -0.2) is 0 Å². The Kier molecular flexibility index (Phi) is 11.8.